The first kappa shape index (κ1) is 12.2. The molecule has 1 fully saturated rings. The Hall–Kier alpha value is -1.30. The van der Waals surface area contributed by atoms with Crippen LogP contribution >= 0.6 is 15.9 Å². The van der Waals surface area contributed by atoms with E-state index in [2.05, 4.69) is 21.2 Å². The van der Waals surface area contributed by atoms with Crippen molar-refractivity contribution >= 4 is 33.2 Å². The van der Waals surface area contributed by atoms with E-state index in [0.29, 0.717) is 15.8 Å². The second-order valence-corrected chi connectivity index (χ2v) is 4.95. The van der Waals surface area contributed by atoms with Crippen LogP contribution in [0.15, 0.2) is 16.6 Å². The zero-order valence-corrected chi connectivity index (χ0v) is 10.9. The number of nitrogens with zero attached hydrogens (tertiary/aromatic N) is 1. The van der Waals surface area contributed by atoms with E-state index in [1.165, 1.54) is 6.07 Å². The molecule has 0 aliphatic carbocycles. The van der Waals surface area contributed by atoms with Crippen molar-refractivity contribution in [1.82, 2.24) is 4.90 Å². The highest BCUT2D eigenvalue weighted by Gasteiger charge is 2.29. The molecule has 1 amide bonds. The van der Waals surface area contributed by atoms with Gasteiger partial charge in [0.15, 0.2) is 0 Å². The first-order valence-corrected chi connectivity index (χ1v) is 6.04. The van der Waals surface area contributed by atoms with Gasteiger partial charge in [0.25, 0.3) is 0 Å². The molecule has 0 spiro atoms. The first-order chi connectivity index (χ1) is 7.99. The number of nitrogens with one attached hydrogen (secondary N) is 1. The van der Waals surface area contributed by atoms with Gasteiger partial charge < -0.3 is 16.0 Å². The fourth-order valence-corrected chi connectivity index (χ4v) is 2.17. The molecule has 1 aliphatic rings. The number of amides is 1. The van der Waals surface area contributed by atoms with Gasteiger partial charge in [0, 0.05) is 19.7 Å². The van der Waals surface area contributed by atoms with Crippen LogP contribution in [0.4, 0.5) is 15.8 Å². The summed E-state index contributed by atoms with van der Waals surface area (Å²) in [4.78, 5) is 13.4. The quantitative estimate of drug-likeness (QED) is 0.819. The lowest BCUT2D eigenvalue weighted by Crippen LogP contribution is -2.31. The van der Waals surface area contributed by atoms with Crippen LogP contribution in [-0.4, -0.2) is 30.4 Å². The van der Waals surface area contributed by atoms with Crippen molar-refractivity contribution in [2.75, 3.05) is 24.6 Å². The predicted molar refractivity (Wildman–Crippen MR) is 68.2 cm³/mol. The molecule has 1 saturated heterocycles. The number of likely N-dealkylation sites (tertiary alicyclic amines) is 1. The van der Waals surface area contributed by atoms with Crippen molar-refractivity contribution in [3.8, 4) is 0 Å². The van der Waals surface area contributed by atoms with Gasteiger partial charge in [-0.3, -0.25) is 4.79 Å². The van der Waals surface area contributed by atoms with Crippen LogP contribution in [0.1, 0.15) is 6.42 Å². The van der Waals surface area contributed by atoms with Crippen LogP contribution in [0.25, 0.3) is 0 Å². The molecule has 1 atom stereocenters. The number of benzene rings is 1. The van der Waals surface area contributed by atoms with Crippen molar-refractivity contribution in [2.45, 2.75) is 12.5 Å². The second-order valence-electron chi connectivity index (χ2n) is 4.10. The minimum atomic E-state index is -0.414. The van der Waals surface area contributed by atoms with Crippen molar-refractivity contribution in [2.24, 2.45) is 0 Å². The maximum atomic E-state index is 13.2. The van der Waals surface area contributed by atoms with Gasteiger partial charge in [-0.1, -0.05) is 0 Å². The number of likely N-dealkylation sites (N-methyl/N-ethyl adjacent to an activating group) is 1. The lowest BCUT2D eigenvalue weighted by molar-refractivity contribution is -0.127. The molecule has 6 heteroatoms. The van der Waals surface area contributed by atoms with Crippen molar-refractivity contribution in [1.29, 1.82) is 0 Å². The SMILES string of the molecule is CN1CCC(Nc2cc(Br)c(F)cc2N)C1=O. The maximum absolute atomic E-state index is 13.2. The van der Waals surface area contributed by atoms with Gasteiger partial charge in [0.2, 0.25) is 5.91 Å². The molecule has 2 rings (SSSR count). The summed E-state index contributed by atoms with van der Waals surface area (Å²) >= 11 is 3.09. The Kier molecular flexibility index (Phi) is 3.24. The van der Waals surface area contributed by atoms with Crippen LogP contribution < -0.4 is 11.1 Å². The Labute approximate surface area is 107 Å². The fraction of sp³-hybridized carbons (Fsp3) is 0.364. The third kappa shape index (κ3) is 2.36. The average molecular weight is 302 g/mol. The van der Waals surface area contributed by atoms with Crippen molar-refractivity contribution in [3.05, 3.63) is 22.4 Å². The van der Waals surface area contributed by atoms with Gasteiger partial charge in [-0.25, -0.2) is 4.39 Å². The monoisotopic (exact) mass is 301 g/mol. The second kappa shape index (κ2) is 4.52. The zero-order valence-electron chi connectivity index (χ0n) is 9.34. The van der Waals surface area contributed by atoms with Crippen LogP contribution in [0.5, 0.6) is 0 Å². The number of anilines is 2. The lowest BCUT2D eigenvalue weighted by Gasteiger charge is -2.15. The molecule has 0 radical (unpaired) electrons. The third-order valence-electron chi connectivity index (χ3n) is 2.85. The summed E-state index contributed by atoms with van der Waals surface area (Å²) < 4.78 is 13.5. The van der Waals surface area contributed by atoms with E-state index in [0.717, 1.165) is 13.0 Å². The zero-order chi connectivity index (χ0) is 12.6. The van der Waals surface area contributed by atoms with Gasteiger partial charge in [-0.05, 0) is 28.4 Å². The van der Waals surface area contributed by atoms with E-state index in [1.54, 1.807) is 18.0 Å². The Morgan fingerprint density at radius 2 is 2.29 bits per heavy atom. The molecule has 92 valence electrons. The molecule has 1 unspecified atom stereocenters. The molecule has 17 heavy (non-hydrogen) atoms. The number of carbonyl (C=O) groups excluding carboxylic acids is 1. The largest absolute Gasteiger partial charge is 0.397 e. The molecule has 1 heterocycles. The lowest BCUT2D eigenvalue weighted by atomic mass is 10.2. The van der Waals surface area contributed by atoms with E-state index >= 15 is 0 Å². The summed E-state index contributed by atoms with van der Waals surface area (Å²) in [7, 11) is 1.76. The van der Waals surface area contributed by atoms with Gasteiger partial charge in [-0.2, -0.15) is 0 Å². The van der Waals surface area contributed by atoms with Crippen LogP contribution in [0.2, 0.25) is 0 Å². The van der Waals surface area contributed by atoms with E-state index in [9.17, 15) is 9.18 Å². The fourth-order valence-electron chi connectivity index (χ4n) is 1.83. The summed E-state index contributed by atoms with van der Waals surface area (Å²) in [5, 5.41) is 3.04. The molecule has 1 aromatic carbocycles. The normalized spacial score (nSPS) is 19.8. The molecular weight excluding hydrogens is 289 g/mol. The summed E-state index contributed by atoms with van der Waals surface area (Å²) in [5.74, 6) is -0.382. The number of carbonyl (C=O) groups is 1. The average Bonchev–Trinajstić information content (AvgIpc) is 2.58. The number of rotatable bonds is 2. The Morgan fingerprint density at radius 1 is 1.59 bits per heavy atom. The number of hydrogen-bond acceptors (Lipinski definition) is 3. The Morgan fingerprint density at radius 3 is 2.88 bits per heavy atom. The van der Waals surface area contributed by atoms with Gasteiger partial charge in [0.05, 0.1) is 15.8 Å². The van der Waals surface area contributed by atoms with E-state index < -0.39 is 5.82 Å². The van der Waals surface area contributed by atoms with Crippen LogP contribution in [0, 0.1) is 5.82 Å². The molecule has 0 aromatic heterocycles. The minimum absolute atomic E-state index is 0.0323. The van der Waals surface area contributed by atoms with E-state index in [-0.39, 0.29) is 11.9 Å². The summed E-state index contributed by atoms with van der Waals surface area (Å²) in [6.45, 7) is 0.721. The van der Waals surface area contributed by atoms with E-state index in [4.69, 9.17) is 5.73 Å². The van der Waals surface area contributed by atoms with Gasteiger partial charge >= 0.3 is 0 Å². The molecule has 1 aliphatic heterocycles. The maximum Gasteiger partial charge on any atom is 0.244 e. The number of nitrogens with two attached hydrogens (primary N) is 1. The standard InChI is InChI=1S/C11H13BrFN3O/c1-16-3-2-9(11(16)17)15-10-4-6(12)7(13)5-8(10)14/h4-5,9,15H,2-3,14H2,1H3. The number of nitrogen functional groups attached to an aromatic ring is 1. The van der Waals surface area contributed by atoms with Gasteiger partial charge in [0.1, 0.15) is 11.9 Å². The Balaban J connectivity index is 2.19. The molecular formula is C11H13BrFN3O. The van der Waals surface area contributed by atoms with E-state index in [1.807, 2.05) is 0 Å². The molecule has 3 N–H and O–H groups in total. The molecule has 0 saturated carbocycles. The minimum Gasteiger partial charge on any atom is -0.397 e. The highest BCUT2D eigenvalue weighted by molar-refractivity contribution is 9.10. The van der Waals surface area contributed by atoms with Crippen LogP contribution in [0.3, 0.4) is 0 Å². The first-order valence-electron chi connectivity index (χ1n) is 5.25. The Bertz CT molecular complexity index is 466. The molecule has 0 bridgehead atoms. The highest BCUT2D eigenvalue weighted by atomic mass is 79.9. The molecule has 1 aromatic rings. The number of halogens is 2. The predicted octanol–water partition coefficient (Wildman–Crippen LogP) is 1.81. The highest BCUT2D eigenvalue weighted by Crippen LogP contribution is 2.28. The number of hydrogen-bond donors (Lipinski definition) is 2. The summed E-state index contributed by atoms with van der Waals surface area (Å²) in [6.07, 6.45) is 0.726. The van der Waals surface area contributed by atoms with Gasteiger partial charge in [-0.15, -0.1) is 0 Å². The molecule has 4 nitrogen and oxygen atoms in total. The third-order valence-corrected chi connectivity index (χ3v) is 3.46. The smallest absolute Gasteiger partial charge is 0.244 e. The summed E-state index contributed by atoms with van der Waals surface area (Å²) in [6, 6.07) is 2.51. The van der Waals surface area contributed by atoms with Crippen molar-refractivity contribution in [3.63, 3.8) is 0 Å². The summed E-state index contributed by atoms with van der Waals surface area (Å²) in [5.41, 5.74) is 6.58. The topological polar surface area (TPSA) is 58.4 Å². The van der Waals surface area contributed by atoms with Crippen LogP contribution in [-0.2, 0) is 4.79 Å². The van der Waals surface area contributed by atoms with Crippen molar-refractivity contribution < 1.29 is 9.18 Å².